The van der Waals surface area contributed by atoms with Crippen molar-refractivity contribution in [2.24, 2.45) is 0 Å². The monoisotopic (exact) mass is 552 g/mol. The molecule has 2 heterocycles. The molecule has 1 aromatic heterocycles. The normalized spacial score (nSPS) is 15.5. The Morgan fingerprint density at radius 3 is 2.29 bits per heavy atom. The van der Waals surface area contributed by atoms with Crippen molar-refractivity contribution in [3.63, 3.8) is 0 Å². The summed E-state index contributed by atoms with van der Waals surface area (Å²) < 4.78 is 6.53. The molecule has 0 unspecified atom stereocenters. The van der Waals surface area contributed by atoms with Gasteiger partial charge in [-0.05, 0) is 88.8 Å². The van der Waals surface area contributed by atoms with Gasteiger partial charge in [-0.25, -0.2) is 0 Å². The fraction of sp³-hybridized carbons (Fsp3) is 0. The predicted octanol–water partition coefficient (Wildman–Crippen LogP) is 6.33. The molecule has 1 fully saturated rings. The average Bonchev–Trinajstić information content (AvgIpc) is 3.07. The minimum atomic E-state index is -0.598. The smallest absolute Gasteiger partial charge is 0.270 e. The highest BCUT2D eigenvalue weighted by Crippen LogP contribution is 2.37. The summed E-state index contributed by atoms with van der Waals surface area (Å²) in [7, 11) is 0. The zero-order valence-electron chi connectivity index (χ0n) is 15.4. The van der Waals surface area contributed by atoms with Crippen LogP contribution in [0.1, 0.15) is 5.76 Å². The summed E-state index contributed by atoms with van der Waals surface area (Å²) in [5.74, 6) is -0.819. The van der Waals surface area contributed by atoms with Crippen molar-refractivity contribution in [3.8, 4) is 0 Å². The number of carbonyl (C=O) groups is 2. The summed E-state index contributed by atoms with van der Waals surface area (Å²) >= 11 is 21.9. The van der Waals surface area contributed by atoms with Gasteiger partial charge in [0.15, 0.2) is 10.2 Å². The fourth-order valence-corrected chi connectivity index (χ4v) is 4.61. The van der Waals surface area contributed by atoms with Gasteiger partial charge in [0.2, 0.25) is 0 Å². The highest BCUT2D eigenvalue weighted by atomic mass is 79.9. The van der Waals surface area contributed by atoms with Crippen LogP contribution in [0.2, 0.25) is 10.0 Å². The molecule has 1 N–H and O–H groups in total. The van der Waals surface area contributed by atoms with Gasteiger partial charge < -0.3 is 4.42 Å². The Balaban J connectivity index is 1.63. The van der Waals surface area contributed by atoms with Crippen LogP contribution in [0, 0.1) is 0 Å². The SMILES string of the molecule is O=C1NC(=S)N(c2ccc(Cl)cc2)C(=O)/C1=C/c1cc(Br)c(Sc2ccc(Cl)cc2)o1. The highest BCUT2D eigenvalue weighted by molar-refractivity contribution is 9.10. The third kappa shape index (κ3) is 4.88. The molecule has 2 amide bonds. The summed E-state index contributed by atoms with van der Waals surface area (Å²) in [6, 6.07) is 15.5. The van der Waals surface area contributed by atoms with Crippen molar-refractivity contribution in [1.29, 1.82) is 0 Å². The second-order valence-electron chi connectivity index (χ2n) is 6.27. The number of nitrogens with one attached hydrogen (secondary N) is 1. The first-order valence-electron chi connectivity index (χ1n) is 8.71. The predicted molar refractivity (Wildman–Crippen MR) is 130 cm³/mol. The minimum absolute atomic E-state index is 0.00548. The van der Waals surface area contributed by atoms with Crippen molar-refractivity contribution in [1.82, 2.24) is 5.32 Å². The molecular formula is C21H11BrCl2N2O3S2. The van der Waals surface area contributed by atoms with E-state index in [0.29, 0.717) is 31.1 Å². The number of amides is 2. The van der Waals surface area contributed by atoms with Gasteiger partial charge in [-0.3, -0.25) is 19.8 Å². The van der Waals surface area contributed by atoms with Crippen molar-refractivity contribution in [3.05, 3.63) is 80.4 Å². The van der Waals surface area contributed by atoms with E-state index in [4.69, 9.17) is 39.8 Å². The molecule has 31 heavy (non-hydrogen) atoms. The standard InChI is InChI=1S/C21H11BrCl2N2O3S2/c22-17-10-14(29-20(17)31-15-7-3-12(24)4-8-15)9-16-18(27)25-21(30)26(19(16)28)13-5-1-11(23)2-6-13/h1-10H,(H,25,27,30)/b16-9+. The molecular weight excluding hydrogens is 543 g/mol. The van der Waals surface area contributed by atoms with Crippen LogP contribution in [-0.4, -0.2) is 16.9 Å². The van der Waals surface area contributed by atoms with Crippen LogP contribution in [-0.2, 0) is 9.59 Å². The second-order valence-corrected chi connectivity index (χ2v) is 9.43. The molecule has 0 radical (unpaired) electrons. The van der Waals surface area contributed by atoms with Crippen molar-refractivity contribution >= 4 is 91.8 Å². The summed E-state index contributed by atoms with van der Waals surface area (Å²) in [6.07, 6.45) is 1.39. The van der Waals surface area contributed by atoms with E-state index in [2.05, 4.69) is 21.2 Å². The first-order valence-corrected chi connectivity index (χ1v) is 11.5. The molecule has 0 atom stereocenters. The molecule has 2 aromatic carbocycles. The largest absolute Gasteiger partial charge is 0.449 e. The van der Waals surface area contributed by atoms with Crippen LogP contribution < -0.4 is 10.2 Å². The van der Waals surface area contributed by atoms with Crippen LogP contribution >= 0.6 is 63.1 Å². The van der Waals surface area contributed by atoms with Crippen molar-refractivity contribution in [2.45, 2.75) is 9.99 Å². The number of benzene rings is 2. The zero-order chi connectivity index (χ0) is 22.1. The molecule has 156 valence electrons. The van der Waals surface area contributed by atoms with Gasteiger partial charge in [0.1, 0.15) is 11.3 Å². The number of thiocarbonyl (C=S) groups is 1. The Hall–Kier alpha value is -2.10. The first-order chi connectivity index (χ1) is 14.8. The molecule has 1 aliphatic rings. The summed E-state index contributed by atoms with van der Waals surface area (Å²) in [6.45, 7) is 0. The number of furan rings is 1. The van der Waals surface area contributed by atoms with Gasteiger partial charge in [0.05, 0.1) is 10.2 Å². The number of hydrogen-bond donors (Lipinski definition) is 1. The molecule has 1 aliphatic heterocycles. The number of halogens is 3. The number of rotatable bonds is 4. The second kappa shape index (κ2) is 9.18. The van der Waals surface area contributed by atoms with Gasteiger partial charge in [0, 0.05) is 14.9 Å². The summed E-state index contributed by atoms with van der Waals surface area (Å²) in [5, 5.41) is 4.26. The first kappa shape index (κ1) is 22.1. The van der Waals surface area contributed by atoms with Crippen LogP contribution in [0.3, 0.4) is 0 Å². The third-order valence-electron chi connectivity index (χ3n) is 4.17. The Kier molecular flexibility index (Phi) is 6.55. The maximum Gasteiger partial charge on any atom is 0.270 e. The van der Waals surface area contributed by atoms with Gasteiger partial charge in [-0.2, -0.15) is 0 Å². The molecule has 0 saturated carbocycles. The molecule has 0 bridgehead atoms. The van der Waals surface area contributed by atoms with Crippen LogP contribution in [0.25, 0.3) is 6.08 Å². The third-order valence-corrected chi connectivity index (χ3v) is 6.81. The molecule has 3 aromatic rings. The highest BCUT2D eigenvalue weighted by Gasteiger charge is 2.34. The van der Waals surface area contributed by atoms with Crippen molar-refractivity contribution in [2.75, 3.05) is 4.90 Å². The van der Waals surface area contributed by atoms with E-state index in [1.165, 1.54) is 22.7 Å². The zero-order valence-corrected chi connectivity index (χ0v) is 20.1. The lowest BCUT2D eigenvalue weighted by atomic mass is 10.1. The van der Waals surface area contributed by atoms with E-state index in [0.717, 1.165) is 4.90 Å². The quantitative estimate of drug-likeness (QED) is 0.232. The minimum Gasteiger partial charge on any atom is -0.449 e. The Morgan fingerprint density at radius 2 is 1.65 bits per heavy atom. The lowest BCUT2D eigenvalue weighted by molar-refractivity contribution is -0.122. The van der Waals surface area contributed by atoms with Crippen LogP contribution in [0.4, 0.5) is 5.69 Å². The van der Waals surface area contributed by atoms with Gasteiger partial charge in [0.25, 0.3) is 11.8 Å². The number of anilines is 1. The molecule has 1 saturated heterocycles. The van der Waals surface area contributed by atoms with Gasteiger partial charge in [-0.15, -0.1) is 0 Å². The Labute approximate surface area is 205 Å². The van der Waals surface area contributed by atoms with E-state index in [1.807, 2.05) is 12.1 Å². The summed E-state index contributed by atoms with van der Waals surface area (Å²) in [5.41, 5.74) is 0.387. The van der Waals surface area contributed by atoms with E-state index in [9.17, 15) is 9.59 Å². The number of hydrogen-bond acceptors (Lipinski definition) is 5. The van der Waals surface area contributed by atoms with Crippen molar-refractivity contribution < 1.29 is 14.0 Å². The topological polar surface area (TPSA) is 62.6 Å². The van der Waals surface area contributed by atoms with Crippen LogP contribution in [0.15, 0.2) is 79.0 Å². The lowest BCUT2D eigenvalue weighted by Crippen LogP contribution is -2.54. The molecule has 0 aliphatic carbocycles. The molecule has 5 nitrogen and oxygen atoms in total. The maximum absolute atomic E-state index is 13.1. The van der Waals surface area contributed by atoms with E-state index < -0.39 is 11.8 Å². The maximum atomic E-state index is 13.1. The van der Waals surface area contributed by atoms with Gasteiger partial charge >= 0.3 is 0 Å². The number of nitrogens with zero attached hydrogens (tertiary/aromatic N) is 1. The van der Waals surface area contributed by atoms with E-state index in [1.54, 1.807) is 42.5 Å². The van der Waals surface area contributed by atoms with Crippen LogP contribution in [0.5, 0.6) is 0 Å². The lowest BCUT2D eigenvalue weighted by Gasteiger charge is -2.28. The summed E-state index contributed by atoms with van der Waals surface area (Å²) in [4.78, 5) is 27.7. The molecule has 4 rings (SSSR count). The fourth-order valence-electron chi connectivity index (χ4n) is 2.74. The van der Waals surface area contributed by atoms with E-state index in [-0.39, 0.29) is 10.7 Å². The van der Waals surface area contributed by atoms with E-state index >= 15 is 0 Å². The Bertz CT molecular complexity index is 1220. The average molecular weight is 554 g/mol. The van der Waals surface area contributed by atoms with Gasteiger partial charge in [-0.1, -0.05) is 35.0 Å². The Morgan fingerprint density at radius 1 is 1.03 bits per heavy atom. The molecule has 10 heteroatoms. The molecule has 0 spiro atoms. The number of carbonyl (C=O) groups excluding carboxylic acids is 2.